The van der Waals surface area contributed by atoms with Gasteiger partial charge >= 0.3 is 0 Å². The van der Waals surface area contributed by atoms with Gasteiger partial charge < -0.3 is 10.0 Å². The van der Waals surface area contributed by atoms with Crippen LogP contribution in [0.3, 0.4) is 0 Å². The first-order valence-electron chi connectivity index (χ1n) is 5.93. The Morgan fingerprint density at radius 2 is 2.24 bits per heavy atom. The zero-order valence-corrected chi connectivity index (χ0v) is 10.6. The van der Waals surface area contributed by atoms with E-state index in [1.165, 1.54) is 6.42 Å². The Hall–Kier alpha value is -1.00. The Labute approximate surface area is 107 Å². The Kier molecular flexibility index (Phi) is 4.07. The molecule has 1 aromatic rings. The van der Waals surface area contributed by atoms with Crippen LogP contribution in [0.4, 0.5) is 0 Å². The van der Waals surface area contributed by atoms with Gasteiger partial charge in [-0.25, -0.2) is 0 Å². The normalized spacial score (nSPS) is 15.4. The molecule has 92 valence electrons. The fraction of sp³-hybridized carbons (Fsp3) is 0.462. The molecule has 1 fully saturated rings. The molecule has 0 bridgehead atoms. The average Bonchev–Trinajstić information content (AvgIpc) is 2.25. The van der Waals surface area contributed by atoms with Crippen LogP contribution in [0.5, 0.6) is 0 Å². The highest BCUT2D eigenvalue weighted by molar-refractivity contribution is 7.80. The maximum atomic E-state index is 12.3. The van der Waals surface area contributed by atoms with Crippen LogP contribution in [-0.2, 0) is 0 Å². The molecule has 1 N–H and O–H groups in total. The number of rotatable bonds is 4. The number of carbonyl (C=O) groups excluding carboxylic acids is 1. The van der Waals surface area contributed by atoms with E-state index >= 15 is 0 Å². The summed E-state index contributed by atoms with van der Waals surface area (Å²) in [6, 6.07) is 7.55. The number of hydrogen-bond donors (Lipinski definition) is 2. The molecule has 0 atom stereocenters. The number of aliphatic hydroxyl groups is 1. The summed E-state index contributed by atoms with van der Waals surface area (Å²) in [4.78, 5) is 14.9. The third-order valence-corrected chi connectivity index (χ3v) is 3.49. The highest BCUT2D eigenvalue weighted by Crippen LogP contribution is 2.26. The van der Waals surface area contributed by atoms with Gasteiger partial charge in [-0.05, 0) is 37.5 Å². The minimum Gasteiger partial charge on any atom is -0.395 e. The monoisotopic (exact) mass is 251 g/mol. The van der Waals surface area contributed by atoms with E-state index in [1.54, 1.807) is 17.0 Å². The zero-order chi connectivity index (χ0) is 12.3. The lowest BCUT2D eigenvalue weighted by Gasteiger charge is -2.37. The number of amides is 1. The van der Waals surface area contributed by atoms with Crippen LogP contribution in [-0.4, -0.2) is 35.1 Å². The predicted octanol–water partition coefficient (Wildman–Crippen LogP) is 1.96. The molecular weight excluding hydrogens is 234 g/mol. The van der Waals surface area contributed by atoms with Crippen molar-refractivity contribution < 1.29 is 9.90 Å². The summed E-state index contributed by atoms with van der Waals surface area (Å²) < 4.78 is 0. The van der Waals surface area contributed by atoms with Gasteiger partial charge in [0.25, 0.3) is 5.91 Å². The van der Waals surface area contributed by atoms with Gasteiger partial charge in [0.15, 0.2) is 0 Å². The van der Waals surface area contributed by atoms with Gasteiger partial charge in [0.2, 0.25) is 0 Å². The predicted molar refractivity (Wildman–Crippen MR) is 69.5 cm³/mol. The van der Waals surface area contributed by atoms with Crippen molar-refractivity contribution in [2.45, 2.75) is 30.2 Å². The molecule has 0 saturated heterocycles. The minimum atomic E-state index is -0.000324. The number of carbonyl (C=O) groups is 1. The highest BCUT2D eigenvalue weighted by Gasteiger charge is 2.28. The van der Waals surface area contributed by atoms with Gasteiger partial charge in [0.05, 0.1) is 6.61 Å². The number of aliphatic hydroxyl groups excluding tert-OH is 1. The molecular formula is C13H17NO2S. The maximum absolute atomic E-state index is 12.3. The minimum absolute atomic E-state index is 0.000324. The summed E-state index contributed by atoms with van der Waals surface area (Å²) in [6.45, 7) is 0.434. The van der Waals surface area contributed by atoms with Gasteiger partial charge in [-0.15, -0.1) is 12.6 Å². The molecule has 0 heterocycles. The van der Waals surface area contributed by atoms with E-state index in [2.05, 4.69) is 12.6 Å². The molecule has 1 aliphatic rings. The van der Waals surface area contributed by atoms with Gasteiger partial charge in [-0.2, -0.15) is 0 Å². The first-order valence-corrected chi connectivity index (χ1v) is 6.38. The Morgan fingerprint density at radius 1 is 1.47 bits per heavy atom. The Balaban J connectivity index is 2.15. The molecule has 17 heavy (non-hydrogen) atoms. The van der Waals surface area contributed by atoms with Crippen LogP contribution in [0.2, 0.25) is 0 Å². The van der Waals surface area contributed by atoms with E-state index in [0.29, 0.717) is 18.2 Å². The van der Waals surface area contributed by atoms with Gasteiger partial charge in [0.1, 0.15) is 0 Å². The third kappa shape index (κ3) is 2.82. The van der Waals surface area contributed by atoms with E-state index in [4.69, 9.17) is 5.11 Å². The summed E-state index contributed by atoms with van der Waals surface area (Å²) in [5, 5.41) is 9.05. The van der Waals surface area contributed by atoms with E-state index in [-0.39, 0.29) is 12.5 Å². The molecule has 0 radical (unpaired) electrons. The fourth-order valence-corrected chi connectivity index (χ4v) is 2.29. The summed E-state index contributed by atoms with van der Waals surface area (Å²) in [5.74, 6) is -0.000324. The van der Waals surface area contributed by atoms with Crippen molar-refractivity contribution in [3.63, 3.8) is 0 Å². The van der Waals surface area contributed by atoms with Crippen LogP contribution >= 0.6 is 12.6 Å². The van der Waals surface area contributed by atoms with Gasteiger partial charge in [-0.3, -0.25) is 4.79 Å². The topological polar surface area (TPSA) is 40.5 Å². The van der Waals surface area contributed by atoms with Crippen molar-refractivity contribution in [1.82, 2.24) is 4.90 Å². The molecule has 0 aliphatic heterocycles. The van der Waals surface area contributed by atoms with Crippen molar-refractivity contribution in [2.24, 2.45) is 0 Å². The Morgan fingerprint density at radius 3 is 2.76 bits per heavy atom. The second-order valence-electron chi connectivity index (χ2n) is 4.36. The lowest BCUT2D eigenvalue weighted by molar-refractivity contribution is 0.0525. The third-order valence-electron chi connectivity index (χ3n) is 3.21. The van der Waals surface area contributed by atoms with Crippen LogP contribution in [0.15, 0.2) is 29.2 Å². The molecule has 0 unspecified atom stereocenters. The summed E-state index contributed by atoms with van der Waals surface area (Å²) in [6.07, 6.45) is 3.27. The van der Waals surface area contributed by atoms with Crippen LogP contribution in [0, 0.1) is 0 Å². The molecule has 2 rings (SSSR count). The summed E-state index contributed by atoms with van der Waals surface area (Å²) >= 11 is 4.24. The molecule has 3 nitrogen and oxygen atoms in total. The first-order chi connectivity index (χ1) is 8.22. The number of thiol groups is 1. The molecule has 4 heteroatoms. The molecule has 0 spiro atoms. The quantitative estimate of drug-likeness (QED) is 0.803. The Bertz CT molecular complexity index is 404. The highest BCUT2D eigenvalue weighted by atomic mass is 32.1. The fourth-order valence-electron chi connectivity index (χ4n) is 2.06. The van der Waals surface area contributed by atoms with E-state index in [1.807, 2.05) is 12.1 Å². The molecule has 1 aromatic carbocycles. The second kappa shape index (κ2) is 5.56. The number of nitrogens with zero attached hydrogens (tertiary/aromatic N) is 1. The molecule has 1 saturated carbocycles. The average molecular weight is 251 g/mol. The van der Waals surface area contributed by atoms with Gasteiger partial charge in [0, 0.05) is 23.0 Å². The summed E-state index contributed by atoms with van der Waals surface area (Å²) in [5.41, 5.74) is 0.651. The standard InChI is InChI=1S/C13H17NO2S/c15-8-7-14(11-4-2-5-11)13(16)10-3-1-6-12(17)9-10/h1,3,6,9,11,15,17H,2,4-5,7-8H2. The van der Waals surface area contributed by atoms with E-state index in [9.17, 15) is 4.79 Å². The van der Waals surface area contributed by atoms with Crippen molar-refractivity contribution in [2.75, 3.05) is 13.2 Å². The van der Waals surface area contributed by atoms with Crippen LogP contribution in [0.25, 0.3) is 0 Å². The molecule has 1 amide bonds. The van der Waals surface area contributed by atoms with Crippen molar-refractivity contribution in [1.29, 1.82) is 0 Å². The van der Waals surface area contributed by atoms with Crippen molar-refractivity contribution in [3.05, 3.63) is 29.8 Å². The summed E-state index contributed by atoms with van der Waals surface area (Å²) in [7, 11) is 0. The molecule has 0 aromatic heterocycles. The lowest BCUT2D eigenvalue weighted by Crippen LogP contribution is -2.45. The van der Waals surface area contributed by atoms with Crippen molar-refractivity contribution >= 4 is 18.5 Å². The SMILES string of the molecule is O=C(c1cccc(S)c1)N(CCO)C1CCC1. The molecule has 1 aliphatic carbocycles. The number of benzene rings is 1. The maximum Gasteiger partial charge on any atom is 0.254 e. The largest absolute Gasteiger partial charge is 0.395 e. The number of hydrogen-bond acceptors (Lipinski definition) is 3. The van der Waals surface area contributed by atoms with E-state index < -0.39 is 0 Å². The smallest absolute Gasteiger partial charge is 0.254 e. The van der Waals surface area contributed by atoms with E-state index in [0.717, 1.165) is 17.7 Å². The lowest BCUT2D eigenvalue weighted by atomic mass is 9.91. The van der Waals surface area contributed by atoms with Crippen LogP contribution < -0.4 is 0 Å². The van der Waals surface area contributed by atoms with Crippen molar-refractivity contribution in [3.8, 4) is 0 Å². The second-order valence-corrected chi connectivity index (χ2v) is 4.87. The zero-order valence-electron chi connectivity index (χ0n) is 9.67. The van der Waals surface area contributed by atoms with Gasteiger partial charge in [-0.1, -0.05) is 6.07 Å². The van der Waals surface area contributed by atoms with Crippen LogP contribution in [0.1, 0.15) is 29.6 Å². The first kappa shape index (κ1) is 12.5.